The Bertz CT molecular complexity index is 1860. The van der Waals surface area contributed by atoms with E-state index >= 15 is 0 Å². The zero-order valence-corrected chi connectivity index (χ0v) is 27.7. The number of carbonyl (C=O) groups excluding carboxylic acids is 2. The Kier molecular flexibility index (Phi) is 9.64. The molecule has 0 radical (unpaired) electrons. The van der Waals surface area contributed by atoms with Crippen LogP contribution < -0.4 is 29.9 Å². The number of piperidine rings is 1. The summed E-state index contributed by atoms with van der Waals surface area (Å²) < 4.78 is 34.2. The first kappa shape index (κ1) is 33.2. The molecular weight excluding hydrogens is 604 g/mol. The Hall–Kier alpha value is -5.19. The smallest absolute Gasteiger partial charge is 0.410 e. The van der Waals surface area contributed by atoms with Gasteiger partial charge in [-0.1, -0.05) is 12.1 Å². The third-order valence-electron chi connectivity index (χ3n) is 7.79. The van der Waals surface area contributed by atoms with E-state index in [0.29, 0.717) is 63.7 Å². The highest BCUT2D eigenvalue weighted by Gasteiger charge is 2.30. The lowest BCUT2D eigenvalue weighted by Gasteiger charge is -2.34. The number of carbonyl (C=O) groups is 2. The van der Waals surface area contributed by atoms with Gasteiger partial charge in [-0.3, -0.25) is 4.79 Å². The van der Waals surface area contributed by atoms with Crippen LogP contribution in [0.1, 0.15) is 49.5 Å². The molecule has 1 atom stereocenters. The van der Waals surface area contributed by atoms with Gasteiger partial charge in [0.2, 0.25) is 0 Å². The summed E-state index contributed by atoms with van der Waals surface area (Å²) in [5.74, 6) is 1.58. The van der Waals surface area contributed by atoms with Gasteiger partial charge in [0.05, 0.1) is 27.9 Å². The first-order chi connectivity index (χ1) is 22.4. The molecule has 3 aromatic carbocycles. The summed E-state index contributed by atoms with van der Waals surface area (Å²) >= 11 is 0. The van der Waals surface area contributed by atoms with E-state index in [1.54, 1.807) is 56.4 Å². The van der Waals surface area contributed by atoms with Crippen LogP contribution in [-0.4, -0.2) is 63.0 Å². The van der Waals surface area contributed by atoms with Gasteiger partial charge in [0.25, 0.3) is 5.91 Å². The number of hydrogen-bond donors (Lipinski definition) is 1. The van der Waals surface area contributed by atoms with Gasteiger partial charge in [0, 0.05) is 28.6 Å². The summed E-state index contributed by atoms with van der Waals surface area (Å²) in [7, 11) is 4.66. The average Bonchev–Trinajstić information content (AvgIpc) is 3.05. The first-order valence-electron chi connectivity index (χ1n) is 15.3. The number of likely N-dealkylation sites (tertiary alicyclic amines) is 1. The fourth-order valence-corrected chi connectivity index (χ4v) is 5.52. The number of nitrogens with one attached hydrogen (secondary N) is 1. The van der Waals surface area contributed by atoms with Gasteiger partial charge in [-0.15, -0.1) is 0 Å². The summed E-state index contributed by atoms with van der Waals surface area (Å²) in [4.78, 5) is 40.9. The van der Waals surface area contributed by atoms with Crippen LogP contribution in [0.3, 0.4) is 0 Å². The van der Waals surface area contributed by atoms with Gasteiger partial charge in [-0.25, -0.2) is 9.59 Å². The number of fused-ring (bicyclic) bond motifs is 1. The highest BCUT2D eigenvalue weighted by atomic mass is 16.6. The van der Waals surface area contributed by atoms with Crippen molar-refractivity contribution in [1.82, 2.24) is 4.90 Å². The van der Waals surface area contributed by atoms with Crippen molar-refractivity contribution in [2.45, 2.75) is 52.2 Å². The number of aryl methyl sites for hydroxylation is 1. The van der Waals surface area contributed by atoms with E-state index in [2.05, 4.69) is 5.32 Å². The lowest BCUT2D eigenvalue weighted by molar-refractivity contribution is 0.00744. The van der Waals surface area contributed by atoms with Gasteiger partial charge < -0.3 is 38.3 Å². The van der Waals surface area contributed by atoms with Crippen LogP contribution in [0.4, 0.5) is 10.5 Å². The maximum Gasteiger partial charge on any atom is 0.410 e. The molecule has 11 nitrogen and oxygen atoms in total. The molecule has 11 heteroatoms. The minimum absolute atomic E-state index is 0.0309. The van der Waals surface area contributed by atoms with E-state index in [1.165, 1.54) is 7.11 Å². The molecule has 0 saturated carbocycles. The highest BCUT2D eigenvalue weighted by Crippen LogP contribution is 2.39. The molecule has 1 saturated heterocycles. The van der Waals surface area contributed by atoms with Crippen molar-refractivity contribution in [3.8, 4) is 34.1 Å². The predicted molar refractivity (Wildman–Crippen MR) is 178 cm³/mol. The minimum atomic E-state index is -0.722. The molecule has 2 heterocycles. The van der Waals surface area contributed by atoms with Crippen LogP contribution >= 0.6 is 0 Å². The maximum atomic E-state index is 13.4. The topological polar surface area (TPSA) is 126 Å². The minimum Gasteiger partial charge on any atom is -0.497 e. The second kappa shape index (κ2) is 13.7. The maximum absolute atomic E-state index is 13.4. The molecule has 1 aromatic heterocycles. The second-order valence-electron chi connectivity index (χ2n) is 12.3. The summed E-state index contributed by atoms with van der Waals surface area (Å²) in [5.41, 5.74) is 1.30. The van der Waals surface area contributed by atoms with Crippen molar-refractivity contribution >= 4 is 28.7 Å². The van der Waals surface area contributed by atoms with E-state index < -0.39 is 17.1 Å². The summed E-state index contributed by atoms with van der Waals surface area (Å²) in [5, 5.41) is 3.23. The van der Waals surface area contributed by atoms with Crippen LogP contribution in [0.2, 0.25) is 0 Å². The third-order valence-corrected chi connectivity index (χ3v) is 7.79. The van der Waals surface area contributed by atoms with Crippen molar-refractivity contribution in [2.75, 3.05) is 39.7 Å². The molecule has 2 amide bonds. The van der Waals surface area contributed by atoms with E-state index in [0.717, 1.165) is 18.4 Å². The third kappa shape index (κ3) is 7.45. The Balaban J connectivity index is 1.40. The molecule has 1 N–H and O–H groups in total. The van der Waals surface area contributed by atoms with Crippen molar-refractivity contribution in [3.05, 3.63) is 76.1 Å². The van der Waals surface area contributed by atoms with E-state index in [1.807, 2.05) is 45.0 Å². The molecule has 1 aliphatic heterocycles. The van der Waals surface area contributed by atoms with Crippen LogP contribution in [0.5, 0.6) is 23.0 Å². The second-order valence-corrected chi connectivity index (χ2v) is 12.3. The number of anilines is 1. The zero-order valence-electron chi connectivity index (χ0n) is 27.7. The summed E-state index contributed by atoms with van der Waals surface area (Å²) in [6.07, 6.45) is 0.754. The van der Waals surface area contributed by atoms with Crippen molar-refractivity contribution < 1.29 is 37.7 Å². The molecule has 0 spiro atoms. The Morgan fingerprint density at radius 3 is 2.43 bits per heavy atom. The Morgan fingerprint density at radius 1 is 0.957 bits per heavy atom. The lowest BCUT2D eigenvalue weighted by Crippen LogP contribution is -2.46. The predicted octanol–water partition coefficient (Wildman–Crippen LogP) is 6.82. The van der Waals surface area contributed by atoms with Crippen LogP contribution in [-0.2, 0) is 4.74 Å². The number of ether oxygens (including phenoxy) is 5. The molecule has 1 aliphatic rings. The van der Waals surface area contributed by atoms with Crippen LogP contribution in [0.25, 0.3) is 22.1 Å². The number of amides is 2. The SMILES string of the molecule is COc1cccc(-c2cc(C(=O)Nc3cc4cc(OC)c(OC5CCCN(C(=O)OC(C)(C)C)C5)c(C)c4oc3=O)ccc2OC)c1. The largest absolute Gasteiger partial charge is 0.497 e. The monoisotopic (exact) mass is 644 g/mol. The van der Waals surface area contributed by atoms with Crippen LogP contribution in [0.15, 0.2) is 63.8 Å². The van der Waals surface area contributed by atoms with Crippen molar-refractivity contribution in [1.29, 1.82) is 0 Å². The van der Waals surface area contributed by atoms with E-state index in [-0.39, 0.29) is 17.9 Å². The van der Waals surface area contributed by atoms with Gasteiger partial charge in [0.15, 0.2) is 11.5 Å². The lowest BCUT2D eigenvalue weighted by atomic mass is 10.0. The number of rotatable bonds is 8. The highest BCUT2D eigenvalue weighted by molar-refractivity contribution is 6.06. The van der Waals surface area contributed by atoms with Crippen LogP contribution in [0, 0.1) is 6.92 Å². The van der Waals surface area contributed by atoms with Gasteiger partial charge >= 0.3 is 11.7 Å². The summed E-state index contributed by atoms with van der Waals surface area (Å²) in [6.45, 7) is 8.17. The Labute approximate surface area is 273 Å². The van der Waals surface area contributed by atoms with E-state index in [4.69, 9.17) is 28.1 Å². The number of nitrogens with zero attached hydrogens (tertiary/aromatic N) is 1. The Morgan fingerprint density at radius 2 is 1.72 bits per heavy atom. The normalized spacial score (nSPS) is 14.8. The molecule has 5 rings (SSSR count). The van der Waals surface area contributed by atoms with Crippen molar-refractivity contribution in [2.24, 2.45) is 0 Å². The average molecular weight is 645 g/mol. The fourth-order valence-electron chi connectivity index (χ4n) is 5.52. The molecule has 0 bridgehead atoms. The number of benzene rings is 3. The number of methoxy groups -OCH3 is 3. The quantitative estimate of drug-likeness (QED) is 0.206. The molecule has 0 aliphatic carbocycles. The summed E-state index contributed by atoms with van der Waals surface area (Å²) in [6, 6.07) is 15.7. The molecule has 1 unspecified atom stereocenters. The fraction of sp³-hybridized carbons (Fsp3) is 0.361. The zero-order chi connectivity index (χ0) is 33.9. The standard InChI is InChI=1S/C36H40N2O9/c1-21-31-24(19-30(44-7)32(21)45-26-12-9-15-38(20-26)35(41)47-36(2,3)4)18-28(34(40)46-31)37-33(39)23-13-14-29(43-6)27(17-23)22-10-8-11-25(16-22)42-5/h8,10-11,13-14,16-19,26H,9,12,15,20H2,1-7H3,(H,37,39). The molecule has 1 fully saturated rings. The molecule has 4 aromatic rings. The molecule has 248 valence electrons. The van der Waals surface area contributed by atoms with Crippen molar-refractivity contribution in [3.63, 3.8) is 0 Å². The van der Waals surface area contributed by atoms with E-state index in [9.17, 15) is 14.4 Å². The molecular formula is C36H40N2O9. The van der Waals surface area contributed by atoms with Gasteiger partial charge in [-0.2, -0.15) is 0 Å². The molecule has 47 heavy (non-hydrogen) atoms. The first-order valence-corrected chi connectivity index (χ1v) is 15.3. The van der Waals surface area contributed by atoms with Gasteiger partial charge in [-0.05, 0) is 88.6 Å². The van der Waals surface area contributed by atoms with Gasteiger partial charge in [0.1, 0.15) is 34.5 Å². The number of hydrogen-bond acceptors (Lipinski definition) is 9.